The number of halogens is 1. The average Bonchev–Trinajstić information content (AvgIpc) is 3.44. The molecule has 206 valence electrons. The van der Waals surface area contributed by atoms with E-state index in [4.69, 9.17) is 18.9 Å². The lowest BCUT2D eigenvalue weighted by Crippen LogP contribution is -2.46. The standard InChI is InChI=1S/C27H34FN3O7/c1-26(2,3)38-25(34)29-27(7-8-27)16-6-9-30(12-16)21-19(28)11-15-10-18(24(33)36-5)23(32)31-17(13-35-4)14-37-22(21)20(15)31/h10-11,16-17H,6-9,12-14H2,1-5H3,(H,29,34)/t16-,17+/m1/s1. The van der Waals surface area contributed by atoms with Gasteiger partial charge in [0.15, 0.2) is 11.6 Å². The molecule has 1 saturated carbocycles. The number of esters is 1. The van der Waals surface area contributed by atoms with Crippen LogP contribution in [0.5, 0.6) is 5.75 Å². The van der Waals surface area contributed by atoms with Gasteiger partial charge in [-0.1, -0.05) is 0 Å². The number of ether oxygens (including phenoxy) is 4. The van der Waals surface area contributed by atoms with Crippen molar-refractivity contribution in [2.24, 2.45) is 5.92 Å². The van der Waals surface area contributed by atoms with Crippen LogP contribution in [0.3, 0.4) is 0 Å². The molecule has 5 rings (SSSR count). The Morgan fingerprint density at radius 1 is 1.24 bits per heavy atom. The van der Waals surface area contributed by atoms with Crippen LogP contribution in [-0.2, 0) is 14.2 Å². The van der Waals surface area contributed by atoms with Gasteiger partial charge in [-0.05, 0) is 52.2 Å². The maximum atomic E-state index is 15.7. The number of nitrogens with zero attached hydrogens (tertiary/aromatic N) is 2. The van der Waals surface area contributed by atoms with Crippen molar-refractivity contribution in [1.82, 2.24) is 9.88 Å². The Morgan fingerprint density at radius 3 is 2.61 bits per heavy atom. The maximum Gasteiger partial charge on any atom is 0.408 e. The van der Waals surface area contributed by atoms with Crippen molar-refractivity contribution in [2.75, 3.05) is 45.4 Å². The molecule has 1 aromatic carbocycles. The second kappa shape index (κ2) is 9.44. The van der Waals surface area contributed by atoms with Crippen molar-refractivity contribution in [1.29, 1.82) is 0 Å². The van der Waals surface area contributed by atoms with Gasteiger partial charge in [0, 0.05) is 37.0 Å². The van der Waals surface area contributed by atoms with Gasteiger partial charge >= 0.3 is 12.1 Å². The van der Waals surface area contributed by atoms with Crippen molar-refractivity contribution in [3.8, 4) is 5.75 Å². The predicted octanol–water partition coefficient (Wildman–Crippen LogP) is 3.39. The Bertz CT molecular complexity index is 1350. The minimum absolute atomic E-state index is 0.0817. The summed E-state index contributed by atoms with van der Waals surface area (Å²) in [5.74, 6) is -0.925. The molecule has 1 amide bonds. The van der Waals surface area contributed by atoms with E-state index in [2.05, 4.69) is 5.32 Å². The van der Waals surface area contributed by atoms with Crippen molar-refractivity contribution in [3.63, 3.8) is 0 Å². The highest BCUT2D eigenvalue weighted by atomic mass is 19.1. The van der Waals surface area contributed by atoms with Gasteiger partial charge in [0.25, 0.3) is 5.56 Å². The Balaban J connectivity index is 1.51. The van der Waals surface area contributed by atoms with Crippen molar-refractivity contribution < 1.29 is 32.9 Å². The molecular weight excluding hydrogens is 497 g/mol. The van der Waals surface area contributed by atoms with Gasteiger partial charge in [-0.3, -0.25) is 9.36 Å². The summed E-state index contributed by atoms with van der Waals surface area (Å²) < 4.78 is 38.8. The van der Waals surface area contributed by atoms with E-state index in [9.17, 15) is 14.4 Å². The number of amides is 1. The highest BCUT2D eigenvalue weighted by Crippen LogP contribution is 2.49. The number of carbonyl (C=O) groups is 2. The van der Waals surface area contributed by atoms with Gasteiger partial charge in [0.05, 0.1) is 25.3 Å². The molecule has 2 aliphatic heterocycles. The molecule has 1 saturated heterocycles. The molecule has 3 aliphatic rings. The van der Waals surface area contributed by atoms with E-state index in [1.165, 1.54) is 30.9 Å². The first-order valence-corrected chi connectivity index (χ1v) is 12.9. The lowest BCUT2D eigenvalue weighted by Gasteiger charge is -2.32. The van der Waals surface area contributed by atoms with Crippen LogP contribution >= 0.6 is 0 Å². The first kappa shape index (κ1) is 26.3. The number of nitrogens with one attached hydrogen (secondary N) is 1. The van der Waals surface area contributed by atoms with Crippen LogP contribution in [0, 0.1) is 11.7 Å². The molecular formula is C27H34FN3O7. The number of carbonyl (C=O) groups excluding carboxylic acids is 2. The maximum absolute atomic E-state index is 15.7. The first-order valence-electron chi connectivity index (χ1n) is 12.9. The summed E-state index contributed by atoms with van der Waals surface area (Å²) in [6, 6.07) is 2.18. The van der Waals surface area contributed by atoms with Gasteiger partial charge in [0.2, 0.25) is 0 Å². The smallest absolute Gasteiger partial charge is 0.408 e. The molecule has 1 aliphatic carbocycles. The van der Waals surface area contributed by atoms with Crippen LogP contribution in [0.2, 0.25) is 0 Å². The monoisotopic (exact) mass is 531 g/mol. The number of anilines is 1. The van der Waals surface area contributed by atoms with E-state index < -0.39 is 35.1 Å². The molecule has 2 aromatic rings. The average molecular weight is 532 g/mol. The van der Waals surface area contributed by atoms with Gasteiger partial charge in [-0.25, -0.2) is 14.0 Å². The highest BCUT2D eigenvalue weighted by Gasteiger charge is 2.53. The molecule has 0 spiro atoms. The molecule has 11 heteroatoms. The van der Waals surface area contributed by atoms with Crippen molar-refractivity contribution in [3.05, 3.63) is 33.9 Å². The van der Waals surface area contributed by atoms with E-state index in [-0.39, 0.29) is 41.7 Å². The summed E-state index contributed by atoms with van der Waals surface area (Å²) in [5.41, 5.74) is -0.978. The lowest BCUT2D eigenvalue weighted by molar-refractivity contribution is 0.0476. The number of alkyl carbamates (subject to hydrolysis) is 1. The lowest BCUT2D eigenvalue weighted by atomic mass is 9.96. The molecule has 3 heterocycles. The molecule has 1 N–H and O–H groups in total. The quantitative estimate of drug-likeness (QED) is 0.566. The number of methoxy groups -OCH3 is 2. The SMILES string of the molecule is COC[C@H]1COc2c(N3CC[C@@H](C4(NC(=O)OC(C)(C)C)CC4)C3)c(F)cc3cc(C(=O)OC)c(=O)n1c23. The number of pyridine rings is 1. The molecule has 0 unspecified atom stereocenters. The van der Waals surface area contributed by atoms with Gasteiger partial charge < -0.3 is 29.2 Å². The topological polar surface area (TPSA) is 108 Å². The molecule has 0 bridgehead atoms. The normalized spacial score (nSPS) is 21.7. The number of benzene rings is 1. The van der Waals surface area contributed by atoms with Crippen LogP contribution in [-0.4, -0.2) is 68.3 Å². The number of aromatic nitrogens is 1. The van der Waals surface area contributed by atoms with E-state index in [1.54, 1.807) is 0 Å². The second-order valence-corrected chi connectivity index (χ2v) is 11.3. The second-order valence-electron chi connectivity index (χ2n) is 11.3. The minimum Gasteiger partial charge on any atom is -0.487 e. The fourth-order valence-corrected chi connectivity index (χ4v) is 5.73. The van der Waals surface area contributed by atoms with Crippen LogP contribution in [0.25, 0.3) is 10.9 Å². The predicted molar refractivity (Wildman–Crippen MR) is 138 cm³/mol. The summed E-state index contributed by atoms with van der Waals surface area (Å²) >= 11 is 0. The van der Waals surface area contributed by atoms with E-state index >= 15 is 4.39 Å². The van der Waals surface area contributed by atoms with Gasteiger partial charge in [-0.2, -0.15) is 0 Å². The Labute approximate surface area is 220 Å². The fraction of sp³-hybridized carbons (Fsp3) is 0.593. The van der Waals surface area contributed by atoms with E-state index in [0.717, 1.165) is 19.3 Å². The Kier molecular flexibility index (Phi) is 6.53. The number of hydrogen-bond donors (Lipinski definition) is 1. The van der Waals surface area contributed by atoms with Crippen LogP contribution in [0.1, 0.15) is 56.4 Å². The molecule has 1 aromatic heterocycles. The fourth-order valence-electron chi connectivity index (χ4n) is 5.73. The number of rotatable bonds is 6. The van der Waals surface area contributed by atoms with E-state index in [0.29, 0.717) is 24.0 Å². The summed E-state index contributed by atoms with van der Waals surface area (Å²) in [7, 11) is 2.71. The van der Waals surface area contributed by atoms with Gasteiger partial charge in [0.1, 0.15) is 23.5 Å². The first-order chi connectivity index (χ1) is 18.0. The third-order valence-corrected chi connectivity index (χ3v) is 7.58. The zero-order chi connectivity index (χ0) is 27.4. The van der Waals surface area contributed by atoms with Crippen LogP contribution < -0.4 is 20.5 Å². The zero-order valence-electron chi connectivity index (χ0n) is 22.4. The van der Waals surface area contributed by atoms with Crippen LogP contribution in [0.15, 0.2) is 16.9 Å². The molecule has 2 atom stereocenters. The largest absolute Gasteiger partial charge is 0.487 e. The minimum atomic E-state index is -0.788. The zero-order valence-corrected chi connectivity index (χ0v) is 22.4. The molecule has 2 fully saturated rings. The van der Waals surface area contributed by atoms with Crippen molar-refractivity contribution >= 4 is 28.7 Å². The molecule has 10 nitrogen and oxygen atoms in total. The summed E-state index contributed by atoms with van der Waals surface area (Å²) in [6.07, 6.45) is 1.98. The van der Waals surface area contributed by atoms with Crippen molar-refractivity contribution in [2.45, 2.75) is 57.2 Å². The third-order valence-electron chi connectivity index (χ3n) is 7.58. The molecule has 38 heavy (non-hydrogen) atoms. The van der Waals surface area contributed by atoms with E-state index in [1.807, 2.05) is 25.7 Å². The van der Waals surface area contributed by atoms with Gasteiger partial charge in [-0.15, -0.1) is 0 Å². The Morgan fingerprint density at radius 2 is 1.97 bits per heavy atom. The summed E-state index contributed by atoms with van der Waals surface area (Å²) in [4.78, 5) is 40.1. The number of hydrogen-bond acceptors (Lipinski definition) is 8. The summed E-state index contributed by atoms with van der Waals surface area (Å²) in [6.45, 7) is 6.80. The third kappa shape index (κ3) is 4.57. The summed E-state index contributed by atoms with van der Waals surface area (Å²) in [5, 5.41) is 3.43. The molecule has 0 radical (unpaired) electrons. The Hall–Kier alpha value is -3.34. The highest BCUT2D eigenvalue weighted by molar-refractivity contribution is 5.98. The van der Waals surface area contributed by atoms with Crippen LogP contribution in [0.4, 0.5) is 14.9 Å².